The Balaban J connectivity index is 0.000000981. The summed E-state index contributed by atoms with van der Waals surface area (Å²) in [7, 11) is 0. The summed E-state index contributed by atoms with van der Waals surface area (Å²) < 4.78 is 0. The Morgan fingerprint density at radius 3 is 0.953 bits per heavy atom. The van der Waals surface area contributed by atoms with Crippen LogP contribution in [-0.2, 0) is 26.5 Å². The van der Waals surface area contributed by atoms with Crippen molar-refractivity contribution in [2.24, 2.45) is 47.3 Å². The molecular weight excluding hydrogens is 572 g/mol. The van der Waals surface area contributed by atoms with Crippen LogP contribution in [0.25, 0.3) is 0 Å². The molecule has 5 saturated heterocycles. The van der Waals surface area contributed by atoms with Crippen molar-refractivity contribution in [1.82, 2.24) is 42.5 Å². The van der Waals surface area contributed by atoms with Gasteiger partial charge in [0.05, 0.1) is 43.2 Å². The molecule has 0 spiro atoms. The molecule has 4 saturated carbocycles. The van der Waals surface area contributed by atoms with Crippen molar-refractivity contribution in [2.75, 3.05) is 0 Å². The molecule has 238 valence electrons. The largest absolute Gasteiger partial charge is 2.00 e. The van der Waals surface area contributed by atoms with Crippen molar-refractivity contribution in [3.05, 3.63) is 6.42 Å². The van der Waals surface area contributed by atoms with E-state index in [-0.39, 0.29) is 21.7 Å². The molecule has 9 fully saturated rings. The van der Waals surface area contributed by atoms with Gasteiger partial charge in [-0.3, -0.25) is 49.3 Å². The van der Waals surface area contributed by atoms with Crippen molar-refractivity contribution >= 4 is 6.79 Å². The van der Waals surface area contributed by atoms with E-state index < -0.39 is 0 Å². The van der Waals surface area contributed by atoms with Gasteiger partial charge < -0.3 is 11.2 Å². The zero-order chi connectivity index (χ0) is 28.2. The fourth-order valence-corrected chi connectivity index (χ4v) is 11.7. The molecule has 16 atom stereocenters. The van der Waals surface area contributed by atoms with E-state index in [2.05, 4.69) is 55.7 Å². The first kappa shape index (κ1) is 31.7. The van der Waals surface area contributed by atoms with E-state index in [9.17, 15) is 0 Å². The van der Waals surface area contributed by atoms with Crippen LogP contribution in [0.3, 0.4) is 0 Å². The average molecular weight is 629 g/mol. The molecular formula is C33H56N8OTi. The van der Waals surface area contributed by atoms with Crippen LogP contribution >= 0.6 is 0 Å². The van der Waals surface area contributed by atoms with E-state index in [1.54, 1.807) is 0 Å². The Hall–Kier alpha value is 0.0643. The van der Waals surface area contributed by atoms with E-state index >= 15 is 0 Å². The molecule has 5 aliphatic heterocycles. The van der Waals surface area contributed by atoms with Crippen molar-refractivity contribution in [1.29, 1.82) is 0 Å². The molecule has 9 nitrogen and oxygen atoms in total. The fraction of sp³-hybridized carbons (Fsp3) is 0.939. The third kappa shape index (κ3) is 5.78. The molecule has 0 aromatic heterocycles. The maximum atomic E-state index is 7.75. The molecule has 5 heterocycles. The first-order valence-electron chi connectivity index (χ1n) is 18.0. The second-order valence-corrected chi connectivity index (χ2v) is 15.4. The SMILES string of the molecule is [CH-]1CCCC2C3NC(NC4NC(NC5NC(NC6NC(N3)C3CCCCC63)C3CCCCC53)C3CCCCC43)C12.[CH-]=O.[Ti+2]. The second kappa shape index (κ2) is 13.7. The molecule has 16 unspecified atom stereocenters. The first-order chi connectivity index (χ1) is 20.8. The zero-order valence-electron chi connectivity index (χ0n) is 25.9. The Labute approximate surface area is 274 Å². The molecule has 8 N–H and O–H groups in total. The number of hydrogen-bond acceptors (Lipinski definition) is 9. The molecule has 8 bridgehead atoms. The van der Waals surface area contributed by atoms with Crippen LogP contribution in [0.4, 0.5) is 0 Å². The van der Waals surface area contributed by atoms with Gasteiger partial charge in [0.1, 0.15) is 0 Å². The summed E-state index contributed by atoms with van der Waals surface area (Å²) in [6.45, 7) is 3.25. The Morgan fingerprint density at radius 2 is 0.628 bits per heavy atom. The number of rotatable bonds is 0. The third-order valence-corrected chi connectivity index (χ3v) is 13.6. The van der Waals surface area contributed by atoms with Crippen molar-refractivity contribution in [3.8, 4) is 0 Å². The molecule has 9 aliphatic rings. The van der Waals surface area contributed by atoms with Crippen molar-refractivity contribution < 1.29 is 26.5 Å². The molecule has 0 aromatic carbocycles. The topological polar surface area (TPSA) is 113 Å². The van der Waals surface area contributed by atoms with E-state index in [4.69, 9.17) is 4.79 Å². The maximum absolute atomic E-state index is 7.75. The predicted octanol–water partition coefficient (Wildman–Crippen LogP) is 2.14. The minimum Gasteiger partial charge on any atom is -0.545 e. The normalized spacial score (nSPS) is 53.7. The summed E-state index contributed by atoms with van der Waals surface area (Å²) in [5.41, 5.74) is 0. The van der Waals surface area contributed by atoms with Crippen LogP contribution < -0.4 is 42.5 Å². The summed E-state index contributed by atoms with van der Waals surface area (Å²) in [6, 6.07) is 0. The Bertz CT molecular complexity index is 739. The summed E-state index contributed by atoms with van der Waals surface area (Å²) in [4.78, 5) is 7.75. The second-order valence-electron chi connectivity index (χ2n) is 15.4. The van der Waals surface area contributed by atoms with Crippen molar-refractivity contribution in [2.45, 2.75) is 146 Å². The number of hydrogen-bond donors (Lipinski definition) is 8. The van der Waals surface area contributed by atoms with Gasteiger partial charge in [-0.25, -0.2) is 0 Å². The number of nitrogens with one attached hydrogen (secondary N) is 8. The van der Waals surface area contributed by atoms with Gasteiger partial charge >= 0.3 is 21.7 Å². The molecule has 0 radical (unpaired) electrons. The maximum Gasteiger partial charge on any atom is 2.00 e. The van der Waals surface area contributed by atoms with Crippen molar-refractivity contribution in [3.63, 3.8) is 0 Å². The van der Waals surface area contributed by atoms with Gasteiger partial charge in [0.25, 0.3) is 0 Å². The smallest absolute Gasteiger partial charge is 0.545 e. The van der Waals surface area contributed by atoms with Crippen LogP contribution in [0.1, 0.15) is 96.3 Å². The molecule has 0 amide bonds. The van der Waals surface area contributed by atoms with Gasteiger partial charge in [-0.05, 0) is 80.0 Å². The van der Waals surface area contributed by atoms with E-state index in [1.807, 2.05) is 0 Å². The summed E-state index contributed by atoms with van der Waals surface area (Å²) in [6.07, 6.45) is 26.4. The van der Waals surface area contributed by atoms with Crippen LogP contribution in [0.5, 0.6) is 0 Å². The van der Waals surface area contributed by atoms with Gasteiger partial charge in [-0.15, -0.1) is 5.92 Å². The van der Waals surface area contributed by atoms with Crippen LogP contribution in [0, 0.1) is 53.8 Å². The van der Waals surface area contributed by atoms with Gasteiger partial charge in [0.15, 0.2) is 0 Å². The third-order valence-electron chi connectivity index (χ3n) is 13.6. The zero-order valence-corrected chi connectivity index (χ0v) is 27.5. The van der Waals surface area contributed by atoms with Gasteiger partial charge in [-0.2, -0.15) is 6.42 Å². The van der Waals surface area contributed by atoms with E-state index in [1.165, 1.54) is 96.3 Å². The molecule has 10 heteroatoms. The Kier molecular flexibility index (Phi) is 10.1. The van der Waals surface area contributed by atoms with Gasteiger partial charge in [-0.1, -0.05) is 51.4 Å². The fourth-order valence-electron chi connectivity index (χ4n) is 11.7. The van der Waals surface area contributed by atoms with Gasteiger partial charge in [0, 0.05) is 6.17 Å². The minimum absolute atomic E-state index is 0. The molecule has 9 rings (SSSR count). The summed E-state index contributed by atoms with van der Waals surface area (Å²) >= 11 is 0. The summed E-state index contributed by atoms with van der Waals surface area (Å²) in [5.74, 6) is 5.74. The average Bonchev–Trinajstić information content (AvgIpc) is 3.78. The quantitative estimate of drug-likeness (QED) is 0.116. The molecule has 0 aromatic rings. The standard InChI is InChI=1S/C32H55N8.CHO.Ti/c1-2-10-18-17(9-1)25-33-26(18)38-28-21-13-5-6-14-22(21)30(35-28)40-32-24-16-8-7-15-23(24)31(36-32)39-29-20-12-4-3-11-19(20)27(34-29)37-25;1-2;/h9,17-40H,1-8,10-16H2;1H;/q2*-1;+2. The number of fused-ring (bicyclic) bond motifs is 20. The van der Waals surface area contributed by atoms with E-state index in [0.717, 1.165) is 35.5 Å². The molecule has 43 heavy (non-hydrogen) atoms. The predicted molar refractivity (Wildman–Crippen MR) is 164 cm³/mol. The number of carbonyl (C=O) groups excluding carboxylic acids is 1. The van der Waals surface area contributed by atoms with Crippen LogP contribution in [0.2, 0.25) is 0 Å². The van der Waals surface area contributed by atoms with Crippen LogP contribution in [0.15, 0.2) is 0 Å². The Morgan fingerprint density at radius 1 is 0.372 bits per heavy atom. The van der Waals surface area contributed by atoms with Crippen LogP contribution in [-0.4, -0.2) is 56.1 Å². The summed E-state index contributed by atoms with van der Waals surface area (Å²) in [5, 5.41) is 33.7. The first-order valence-corrected chi connectivity index (χ1v) is 18.0. The molecule has 4 aliphatic carbocycles. The van der Waals surface area contributed by atoms with E-state index in [0.29, 0.717) is 61.2 Å². The minimum atomic E-state index is 0. The monoisotopic (exact) mass is 628 g/mol. The van der Waals surface area contributed by atoms with Gasteiger partial charge in [0.2, 0.25) is 0 Å².